The highest BCUT2D eigenvalue weighted by Gasteiger charge is 2.40. The van der Waals surface area contributed by atoms with E-state index in [9.17, 15) is 4.79 Å². The summed E-state index contributed by atoms with van der Waals surface area (Å²) in [5.41, 5.74) is 0. The quantitative estimate of drug-likeness (QED) is 0.104. The van der Waals surface area contributed by atoms with E-state index < -0.39 is 50.9 Å². The van der Waals surface area contributed by atoms with Crippen LogP contribution in [-0.2, 0) is 21.6 Å². The molecule has 6 nitrogen and oxygen atoms in total. The number of nitrogens with one attached hydrogen (secondary N) is 1. The minimum atomic E-state index is -2.11. The van der Waals surface area contributed by atoms with Crippen LogP contribution >= 0.6 is 0 Å². The zero-order chi connectivity index (χ0) is 28.8. The van der Waals surface area contributed by atoms with Gasteiger partial charge in [0, 0.05) is 6.23 Å². The minimum Gasteiger partial charge on any atom is -0.437 e. The summed E-state index contributed by atoms with van der Waals surface area (Å²) < 4.78 is 26.2. The highest BCUT2D eigenvalue weighted by molar-refractivity contribution is 6.87. The smallest absolute Gasteiger partial charge is 0.324 e. The van der Waals surface area contributed by atoms with Gasteiger partial charge in [-0.1, -0.05) is 19.7 Å². The Bertz CT molecular complexity index is 616. The summed E-state index contributed by atoms with van der Waals surface area (Å²) in [5.74, 6) is 0.0185. The second-order valence-corrected chi connectivity index (χ2v) is 37.5. The molecule has 12 heteroatoms. The van der Waals surface area contributed by atoms with Crippen LogP contribution in [0.3, 0.4) is 0 Å². The first-order valence-electron chi connectivity index (χ1n) is 13.6. The summed E-state index contributed by atoms with van der Waals surface area (Å²) in [6.45, 7) is 36.5. The van der Waals surface area contributed by atoms with Gasteiger partial charge in [0.15, 0.2) is 30.7 Å². The van der Waals surface area contributed by atoms with Crippen LogP contribution in [0.15, 0.2) is 12.7 Å². The Kier molecular flexibility index (Phi) is 18.5. The number of rotatable bonds is 18. The van der Waals surface area contributed by atoms with Crippen molar-refractivity contribution in [2.24, 2.45) is 0 Å². The molecule has 0 aliphatic carbocycles. The van der Waals surface area contributed by atoms with E-state index in [1.165, 1.54) is 13.0 Å². The molecule has 0 aliphatic rings. The third kappa shape index (κ3) is 26.1. The highest BCUT2D eigenvalue weighted by atomic mass is 28.5. The van der Waals surface area contributed by atoms with Gasteiger partial charge < -0.3 is 22.1 Å². The third-order valence-corrected chi connectivity index (χ3v) is 21.5. The van der Waals surface area contributed by atoms with Crippen molar-refractivity contribution in [1.29, 1.82) is 0 Å². The Labute approximate surface area is 231 Å². The molecule has 0 heterocycles. The van der Waals surface area contributed by atoms with Crippen LogP contribution in [0.2, 0.25) is 97.2 Å². The zero-order valence-electron chi connectivity index (χ0n) is 26.4. The molecule has 0 rings (SSSR count). The molecule has 0 aliphatic heterocycles. The molecule has 0 saturated heterocycles. The van der Waals surface area contributed by atoms with Gasteiger partial charge in [-0.25, -0.2) is 0 Å². The maximum absolute atomic E-state index is 9.69. The number of ketones is 1. The van der Waals surface area contributed by atoms with Gasteiger partial charge in [0.1, 0.15) is 0 Å². The van der Waals surface area contributed by atoms with Crippen molar-refractivity contribution in [2.75, 3.05) is 19.3 Å². The predicted molar refractivity (Wildman–Crippen MR) is 174 cm³/mol. The fraction of sp³-hybridized carbons (Fsp3) is 0.875. The lowest BCUT2D eigenvalue weighted by molar-refractivity contribution is -0.112. The molecule has 0 fully saturated rings. The molecule has 1 N–H and O–H groups in total. The second kappa shape index (κ2) is 17.3. The molecule has 0 aromatic heterocycles. The number of carbonyl (C=O) groups is 1. The van der Waals surface area contributed by atoms with E-state index in [1.54, 1.807) is 0 Å². The van der Waals surface area contributed by atoms with Crippen molar-refractivity contribution in [2.45, 2.75) is 117 Å². The van der Waals surface area contributed by atoms with Gasteiger partial charge in [-0.15, -0.1) is 0 Å². The molecule has 0 saturated carbocycles. The van der Waals surface area contributed by atoms with E-state index in [-0.39, 0.29) is 5.78 Å². The van der Waals surface area contributed by atoms with Crippen molar-refractivity contribution in [1.82, 2.24) is 5.32 Å². The van der Waals surface area contributed by atoms with Crippen LogP contribution in [0.1, 0.15) is 19.8 Å². The first-order chi connectivity index (χ1) is 16.0. The summed E-state index contributed by atoms with van der Waals surface area (Å²) in [4.78, 5) is 9.69. The maximum atomic E-state index is 9.69. The largest absolute Gasteiger partial charge is 0.437 e. The summed E-state index contributed by atoms with van der Waals surface area (Å²) in [6, 6.07) is 2.15. The van der Waals surface area contributed by atoms with Gasteiger partial charge in [-0.2, -0.15) is 0 Å². The first-order valence-corrected chi connectivity index (χ1v) is 32.0. The SMILES string of the molecule is C=CC(C)=O.C[SiH](C)CO[Si](C)(CCCNCCC[Si](C)(O[Si](C)(C)C)O[Si](C)(C)C)O[Si](C)(C)C. The summed E-state index contributed by atoms with van der Waals surface area (Å²) in [7, 11) is -9.71. The van der Waals surface area contributed by atoms with Crippen LogP contribution in [0.4, 0.5) is 0 Å². The Hall–Kier alpha value is 0.511. The van der Waals surface area contributed by atoms with Gasteiger partial charge >= 0.3 is 17.1 Å². The van der Waals surface area contributed by atoms with Crippen LogP contribution in [0.5, 0.6) is 0 Å². The molecular formula is C24H61NO5Si6. The van der Waals surface area contributed by atoms with Gasteiger partial charge in [0.05, 0.1) is 8.80 Å². The van der Waals surface area contributed by atoms with Gasteiger partial charge in [0.2, 0.25) is 0 Å². The van der Waals surface area contributed by atoms with Crippen LogP contribution in [-0.4, -0.2) is 76.0 Å². The van der Waals surface area contributed by atoms with Crippen LogP contribution in [0.25, 0.3) is 0 Å². The number of hydrogen-bond donors (Lipinski definition) is 1. The molecule has 216 valence electrons. The van der Waals surface area contributed by atoms with Gasteiger partial charge in [-0.3, -0.25) is 4.79 Å². The summed E-state index contributed by atoms with van der Waals surface area (Å²) >= 11 is 0. The molecule has 36 heavy (non-hydrogen) atoms. The second-order valence-electron chi connectivity index (χ2n) is 13.4. The minimum absolute atomic E-state index is 0.0185. The monoisotopic (exact) mass is 611 g/mol. The van der Waals surface area contributed by atoms with E-state index in [4.69, 9.17) is 16.8 Å². The molecule has 0 bridgehead atoms. The normalized spacial score (nSPS) is 14.8. The molecule has 1 atom stereocenters. The third-order valence-electron chi connectivity index (χ3n) is 4.54. The lowest BCUT2D eigenvalue weighted by atomic mass is 10.4. The number of allylic oxidation sites excluding steroid dienone is 1. The Morgan fingerprint density at radius 1 is 0.750 bits per heavy atom. The van der Waals surface area contributed by atoms with Crippen molar-refractivity contribution in [3.63, 3.8) is 0 Å². The van der Waals surface area contributed by atoms with E-state index >= 15 is 0 Å². The van der Waals surface area contributed by atoms with E-state index in [0.29, 0.717) is 0 Å². The van der Waals surface area contributed by atoms with E-state index in [2.05, 4.69) is 97.0 Å². The molecule has 0 radical (unpaired) electrons. The zero-order valence-corrected chi connectivity index (χ0v) is 32.5. The standard InChI is InChI=1S/C20H55NO4Si6.C4H6O/c1-26(2)20-22-30(12,23-27(3,4)5)18-14-16-21-17-15-19-31(13,24-28(6,7)8)25-29(9,10)11;1-3-4(2)5/h21,26H,14-20H2,1-13H3;3H,1H2,2H3. The van der Waals surface area contributed by atoms with Crippen molar-refractivity contribution in [3.8, 4) is 0 Å². The Balaban J connectivity index is 0. The maximum Gasteiger partial charge on any atom is 0.324 e. The molecular weight excluding hydrogens is 551 g/mol. The highest BCUT2D eigenvalue weighted by Crippen LogP contribution is 2.25. The molecule has 1 unspecified atom stereocenters. The fourth-order valence-corrected chi connectivity index (χ4v) is 25.8. The average molecular weight is 612 g/mol. The number of hydrogen-bond acceptors (Lipinski definition) is 6. The van der Waals surface area contributed by atoms with Crippen molar-refractivity contribution in [3.05, 3.63) is 12.7 Å². The van der Waals surface area contributed by atoms with Crippen molar-refractivity contribution >= 4 is 56.7 Å². The van der Waals surface area contributed by atoms with Crippen LogP contribution < -0.4 is 5.32 Å². The van der Waals surface area contributed by atoms with E-state index in [0.717, 1.165) is 44.2 Å². The Morgan fingerprint density at radius 2 is 1.08 bits per heavy atom. The topological polar surface area (TPSA) is 66.0 Å². The Morgan fingerprint density at radius 3 is 1.39 bits per heavy atom. The fourth-order valence-electron chi connectivity index (χ4n) is 3.76. The van der Waals surface area contributed by atoms with Gasteiger partial charge in [0.25, 0.3) is 0 Å². The molecule has 0 amide bonds. The first kappa shape index (κ1) is 38.7. The lowest BCUT2D eigenvalue weighted by Gasteiger charge is -2.38. The number of carbonyl (C=O) groups excluding carboxylic acids is 1. The molecule has 0 aromatic rings. The van der Waals surface area contributed by atoms with Gasteiger partial charge in [-0.05, 0) is 123 Å². The predicted octanol–water partition coefficient (Wildman–Crippen LogP) is 6.86. The average Bonchev–Trinajstić information content (AvgIpc) is 2.61. The van der Waals surface area contributed by atoms with E-state index in [1.807, 2.05) is 0 Å². The lowest BCUT2D eigenvalue weighted by Crippen LogP contribution is -2.52. The summed E-state index contributed by atoms with van der Waals surface area (Å²) in [5, 5.41) is 3.65. The molecule has 0 spiro atoms. The van der Waals surface area contributed by atoms with Crippen molar-refractivity contribution < 1.29 is 21.6 Å². The molecule has 0 aromatic carbocycles. The summed E-state index contributed by atoms with van der Waals surface area (Å²) in [6.07, 6.45) is 4.46. The van der Waals surface area contributed by atoms with Crippen LogP contribution in [0, 0.1) is 0 Å².